The summed E-state index contributed by atoms with van der Waals surface area (Å²) in [6, 6.07) is 37.1. The fourth-order valence-electron chi connectivity index (χ4n) is 10.1. The Bertz CT molecular complexity index is 4140. The lowest BCUT2D eigenvalue weighted by atomic mass is 9.81. The number of hydrogen-bond acceptors (Lipinski definition) is 21. The number of carbonyl (C=O) groups excluding carboxylic acids is 6. The van der Waals surface area contributed by atoms with E-state index in [4.69, 9.17) is 8.75 Å². The highest BCUT2D eigenvalue weighted by molar-refractivity contribution is 7.28. The minimum atomic E-state index is -0.211. The first-order chi connectivity index (χ1) is 45.5. The van der Waals surface area contributed by atoms with Gasteiger partial charge in [0.2, 0.25) is 0 Å². The molecule has 0 N–H and O–H groups in total. The Labute approximate surface area is 593 Å². The van der Waals surface area contributed by atoms with Crippen LogP contribution in [0, 0.1) is 41.5 Å². The number of aromatic nitrogens is 2. The summed E-state index contributed by atoms with van der Waals surface area (Å²) in [5.74, 6) is -1.26. The molecular weight excluding hydrogens is 1350 g/mol. The summed E-state index contributed by atoms with van der Waals surface area (Å²) in [6.07, 6.45) is 0. The summed E-state index contributed by atoms with van der Waals surface area (Å²) >= 11 is 12.7. The van der Waals surface area contributed by atoms with Crippen molar-refractivity contribution in [1.82, 2.24) is 8.75 Å². The fraction of sp³-hybridized carbons (Fsp3) is 0.360. The molecule has 7 heterocycles. The second-order valence-electron chi connectivity index (χ2n) is 22.2. The van der Waals surface area contributed by atoms with Gasteiger partial charge in [-0.2, -0.15) is 8.75 Å². The molecule has 0 bridgehead atoms. The summed E-state index contributed by atoms with van der Waals surface area (Å²) in [6.45, 7) is 40.0. The van der Waals surface area contributed by atoms with Crippen LogP contribution in [0.5, 0.6) is 0 Å². The summed E-state index contributed by atoms with van der Waals surface area (Å²) in [7, 11) is 0. The van der Waals surface area contributed by atoms with Gasteiger partial charge in [0.25, 0.3) is 0 Å². The van der Waals surface area contributed by atoms with E-state index in [1.807, 2.05) is 68.0 Å². The topological polar surface area (TPSA) is 184 Å². The van der Waals surface area contributed by atoms with E-state index in [0.717, 1.165) is 22.2 Å². The van der Waals surface area contributed by atoms with Crippen LogP contribution in [0.25, 0.3) is 92.5 Å². The molecule has 14 nitrogen and oxygen atoms in total. The van der Waals surface area contributed by atoms with Crippen LogP contribution in [0.2, 0.25) is 0 Å². The predicted octanol–water partition coefficient (Wildman–Crippen LogP) is 21.3. The average molecular weight is 1430 g/mol. The molecule has 3 aromatic carbocycles. The van der Waals surface area contributed by atoms with Crippen molar-refractivity contribution in [2.75, 3.05) is 39.6 Å². The number of carbonyl (C=O) groups is 6. The molecule has 0 amide bonds. The van der Waals surface area contributed by atoms with E-state index in [1.54, 1.807) is 41.5 Å². The monoisotopic (exact) mass is 1430 g/mol. The van der Waals surface area contributed by atoms with Gasteiger partial charge in [-0.15, -0.1) is 68.0 Å². The zero-order chi connectivity index (χ0) is 71.1. The smallest absolute Gasteiger partial charge is 0.302 e. The number of benzene rings is 3. The molecule has 0 atom stereocenters. The largest absolute Gasteiger partial charge is 0.466 e. The number of nitrogens with zero attached hydrogens (tertiary/aromatic N) is 2. The molecule has 0 saturated carbocycles. The number of fused-ring (bicyclic) bond motifs is 4. The third-order valence-electron chi connectivity index (χ3n) is 14.0. The average Bonchev–Trinajstić information content (AvgIpc) is 1.59. The lowest BCUT2D eigenvalue weighted by molar-refractivity contribution is -0.141. The van der Waals surface area contributed by atoms with Gasteiger partial charge in [0.05, 0.1) is 51.4 Å². The minimum Gasteiger partial charge on any atom is -0.466 e. The summed E-state index contributed by atoms with van der Waals surface area (Å²) in [5.41, 5.74) is 17.8. The Morgan fingerprint density at radius 1 is 0.344 bits per heavy atom. The molecule has 96 heavy (non-hydrogen) atoms. The van der Waals surface area contributed by atoms with Gasteiger partial charge in [-0.25, -0.2) is 0 Å². The molecule has 0 unspecified atom stereocenters. The molecule has 11 rings (SSSR count). The first kappa shape index (κ1) is 79.2. The summed E-state index contributed by atoms with van der Waals surface area (Å²) in [4.78, 5) is 74.8. The van der Waals surface area contributed by atoms with Crippen molar-refractivity contribution in [1.29, 1.82) is 0 Å². The van der Waals surface area contributed by atoms with Gasteiger partial charge in [0.1, 0.15) is 11.0 Å². The second-order valence-corrected chi connectivity index (χ2v) is 29.3. The lowest BCUT2D eigenvalue weighted by Gasteiger charge is -2.22. The van der Waals surface area contributed by atoms with Crippen molar-refractivity contribution in [2.45, 2.75) is 144 Å². The molecule has 0 aliphatic heterocycles. The molecule has 0 saturated heterocycles. The van der Waals surface area contributed by atoms with Gasteiger partial charge in [-0.1, -0.05) is 61.9 Å². The minimum absolute atomic E-state index is 0.0163. The lowest BCUT2D eigenvalue weighted by Crippen LogP contribution is -2.15. The second kappa shape index (κ2) is 37.9. The van der Waals surface area contributed by atoms with E-state index in [1.165, 1.54) is 167 Å². The van der Waals surface area contributed by atoms with Crippen molar-refractivity contribution >= 4 is 127 Å². The Kier molecular flexibility index (Phi) is 31.2. The zero-order valence-corrected chi connectivity index (χ0v) is 64.3. The molecule has 10 aromatic rings. The quantitative estimate of drug-likeness (QED) is 0.0784. The van der Waals surface area contributed by atoms with Gasteiger partial charge in [0.15, 0.2) is 0 Å². The number of hydrogen-bond donors (Lipinski definition) is 0. The SMILES string of the molecule is CCOC(C)=O.CCOC(C)=O.CCOC(C)=O.CCOC(C)=O.CCOC(C)=O.CCOC(C)=O.Cc1ccc2c(c1)C(C)(C)c1cc(-c3cc(C)c(-c4ccc(-c5sc(-c6ccc(-c7cc(C)c(-c8ccc(-c9sc(C)cc9C)s8)s7)c7nsnc67)cc5C)s4)s3)ccc1-2. The third-order valence-corrected chi connectivity index (χ3v) is 22.4. The molecule has 512 valence electrons. The van der Waals surface area contributed by atoms with Crippen LogP contribution in [0.1, 0.15) is 141 Å². The first-order valence-corrected chi connectivity index (χ1v) is 37.1. The van der Waals surface area contributed by atoms with E-state index >= 15 is 0 Å². The summed E-state index contributed by atoms with van der Waals surface area (Å²) in [5, 5.41) is 0. The van der Waals surface area contributed by atoms with Gasteiger partial charge < -0.3 is 28.4 Å². The van der Waals surface area contributed by atoms with E-state index in [2.05, 4.69) is 181 Å². The van der Waals surface area contributed by atoms with Crippen LogP contribution >= 0.6 is 79.7 Å². The number of aryl methyl sites for hydroxylation is 6. The van der Waals surface area contributed by atoms with Crippen molar-refractivity contribution < 1.29 is 57.2 Å². The van der Waals surface area contributed by atoms with Crippen molar-refractivity contribution in [3.8, 4) is 81.5 Å². The van der Waals surface area contributed by atoms with E-state index in [9.17, 15) is 28.8 Å². The molecule has 21 heteroatoms. The van der Waals surface area contributed by atoms with Crippen LogP contribution in [0.15, 0.2) is 97.1 Å². The first-order valence-electron chi connectivity index (χ1n) is 31.5. The van der Waals surface area contributed by atoms with E-state index < -0.39 is 0 Å². The molecular formula is C75H88N2O12S7. The highest BCUT2D eigenvalue weighted by atomic mass is 32.1. The highest BCUT2D eigenvalue weighted by Crippen LogP contribution is 2.53. The van der Waals surface area contributed by atoms with Crippen molar-refractivity contribution in [3.05, 3.63) is 141 Å². The molecule has 0 radical (unpaired) electrons. The predicted molar refractivity (Wildman–Crippen MR) is 403 cm³/mol. The number of thiophene rings is 6. The molecule has 1 aliphatic carbocycles. The third kappa shape index (κ3) is 22.0. The van der Waals surface area contributed by atoms with Crippen LogP contribution in [0.4, 0.5) is 0 Å². The number of rotatable bonds is 13. The van der Waals surface area contributed by atoms with E-state index in [-0.39, 0.29) is 41.2 Å². The van der Waals surface area contributed by atoms with Crippen molar-refractivity contribution in [3.63, 3.8) is 0 Å². The zero-order valence-electron chi connectivity index (χ0n) is 58.6. The Balaban J connectivity index is 0.000000380. The molecule has 0 fully saturated rings. The maximum Gasteiger partial charge on any atom is 0.302 e. The van der Waals surface area contributed by atoms with Crippen LogP contribution < -0.4 is 0 Å². The maximum absolute atomic E-state index is 9.82. The Hall–Kier alpha value is -7.50. The van der Waals surface area contributed by atoms with Crippen LogP contribution in [-0.4, -0.2) is 84.2 Å². The van der Waals surface area contributed by atoms with E-state index in [0.29, 0.717) is 39.6 Å². The number of esters is 6. The Morgan fingerprint density at radius 2 is 0.646 bits per heavy atom. The summed E-state index contributed by atoms with van der Waals surface area (Å²) < 4.78 is 36.2. The van der Waals surface area contributed by atoms with Gasteiger partial charge >= 0.3 is 35.8 Å². The maximum atomic E-state index is 9.82. The molecule has 0 spiro atoms. The van der Waals surface area contributed by atoms with Gasteiger partial charge in [-0.3, -0.25) is 28.8 Å². The molecule has 1 aliphatic rings. The fourth-order valence-corrected chi connectivity index (χ4v) is 18.0. The molecule has 7 aromatic heterocycles. The Morgan fingerprint density at radius 3 is 0.969 bits per heavy atom. The van der Waals surface area contributed by atoms with Crippen LogP contribution in [-0.2, 0) is 62.6 Å². The van der Waals surface area contributed by atoms with Crippen LogP contribution in [0.3, 0.4) is 0 Å². The van der Waals surface area contributed by atoms with Crippen molar-refractivity contribution in [2.24, 2.45) is 0 Å². The number of ether oxygens (including phenoxy) is 6. The van der Waals surface area contributed by atoms with Gasteiger partial charge in [-0.05, 0) is 188 Å². The highest BCUT2D eigenvalue weighted by Gasteiger charge is 2.36. The standard InChI is InChI=1S/C51H40N2S7.6C4H8O2/c1-25-9-11-32-33-12-10-31(24-37(33)51(7,8)36(32)19-25)42-21-27(3)48(57-42)39-17-18-41(56-39)50-29(5)23-44(59-50)35-14-13-34(45-46(35)53-60-52-45)43-22-28(4)49(58-43)40-16-15-38(55-40)47-26(2)20-30(6)54-47;6*1-3-6-4(2)5/h9-24H,1-8H3;6*3H2,1-2H3. The van der Waals surface area contributed by atoms with Gasteiger partial charge in [0, 0.05) is 117 Å². The normalized spacial score (nSPS) is 11.1.